The Morgan fingerprint density at radius 1 is 1.47 bits per heavy atom. The van der Waals surface area contributed by atoms with Crippen LogP contribution < -0.4 is 10.9 Å². The van der Waals surface area contributed by atoms with Gasteiger partial charge >= 0.3 is 0 Å². The first-order valence-corrected chi connectivity index (χ1v) is 6.66. The summed E-state index contributed by atoms with van der Waals surface area (Å²) in [7, 11) is -3.43. The van der Waals surface area contributed by atoms with Crippen molar-refractivity contribution < 1.29 is 13.2 Å². The molecule has 15 heavy (non-hydrogen) atoms. The number of nitrogens with zero attached hydrogens (tertiary/aromatic N) is 1. The third-order valence-electron chi connectivity index (χ3n) is 2.43. The lowest BCUT2D eigenvalue weighted by molar-refractivity contribution is -0.134. The van der Waals surface area contributed by atoms with E-state index in [1.165, 1.54) is 0 Å². The maximum atomic E-state index is 11.5. The molecule has 6 nitrogen and oxygen atoms in total. The molecule has 0 bridgehead atoms. The van der Waals surface area contributed by atoms with Gasteiger partial charge in [0, 0.05) is 13.1 Å². The Hall–Kier alpha value is -0.660. The van der Waals surface area contributed by atoms with Gasteiger partial charge in [-0.1, -0.05) is 0 Å². The van der Waals surface area contributed by atoms with Crippen molar-refractivity contribution in [3.8, 4) is 0 Å². The summed E-state index contributed by atoms with van der Waals surface area (Å²) in [6.45, 7) is 1.08. The summed E-state index contributed by atoms with van der Waals surface area (Å²) < 4.78 is 21.3. The predicted molar refractivity (Wildman–Crippen MR) is 56.4 cm³/mol. The van der Waals surface area contributed by atoms with Gasteiger partial charge in [0.15, 0.2) is 0 Å². The lowest BCUT2D eigenvalue weighted by atomic mass is 10.1. The van der Waals surface area contributed by atoms with E-state index in [9.17, 15) is 13.2 Å². The van der Waals surface area contributed by atoms with Crippen LogP contribution in [0.5, 0.6) is 0 Å². The summed E-state index contributed by atoms with van der Waals surface area (Å²) in [6, 6.07) is -0.423. The number of nitrogens with two attached hydrogens (primary N) is 2. The highest BCUT2D eigenvalue weighted by Gasteiger charge is 2.25. The van der Waals surface area contributed by atoms with Crippen molar-refractivity contribution in [2.75, 3.05) is 18.8 Å². The molecule has 4 N–H and O–H groups in total. The van der Waals surface area contributed by atoms with Crippen molar-refractivity contribution in [2.45, 2.75) is 25.3 Å². The topological polar surface area (TPSA) is 106 Å². The molecular formula is C8H17N3O3S. The van der Waals surface area contributed by atoms with Crippen molar-refractivity contribution >= 4 is 15.9 Å². The number of carbonyl (C=O) groups is 1. The number of carbonyl (C=O) groups excluding carboxylic acids is 1. The lowest BCUT2D eigenvalue weighted by Crippen LogP contribution is -2.48. The minimum atomic E-state index is -3.43. The Bertz CT molecular complexity index is 328. The average molecular weight is 235 g/mol. The fourth-order valence-corrected chi connectivity index (χ4v) is 2.18. The first-order valence-electron chi connectivity index (χ1n) is 4.95. The molecule has 0 saturated carbocycles. The maximum Gasteiger partial charge on any atom is 0.239 e. The summed E-state index contributed by atoms with van der Waals surface area (Å²) >= 11 is 0. The van der Waals surface area contributed by atoms with E-state index >= 15 is 0 Å². The molecule has 1 fully saturated rings. The van der Waals surface area contributed by atoms with Crippen molar-refractivity contribution in [3.05, 3.63) is 0 Å². The zero-order valence-electron chi connectivity index (χ0n) is 8.55. The number of rotatable bonds is 4. The van der Waals surface area contributed by atoms with Crippen LogP contribution in [0.3, 0.4) is 0 Å². The van der Waals surface area contributed by atoms with E-state index < -0.39 is 16.1 Å². The molecular weight excluding hydrogens is 218 g/mol. The SMILES string of the molecule is NC1CCCN(CCCS(N)(=O)=O)C1=O. The first kappa shape index (κ1) is 12.4. The van der Waals surface area contributed by atoms with E-state index in [1.54, 1.807) is 4.90 Å². The Morgan fingerprint density at radius 2 is 2.13 bits per heavy atom. The molecule has 0 aliphatic carbocycles. The zero-order chi connectivity index (χ0) is 11.5. The molecule has 88 valence electrons. The molecule has 0 aromatic rings. The van der Waals surface area contributed by atoms with Crippen LogP contribution in [0.15, 0.2) is 0 Å². The van der Waals surface area contributed by atoms with Gasteiger partial charge in [-0.15, -0.1) is 0 Å². The van der Waals surface area contributed by atoms with Crippen LogP contribution in [0, 0.1) is 0 Å². The molecule has 0 radical (unpaired) electrons. The third kappa shape index (κ3) is 4.15. The molecule has 1 saturated heterocycles. The Kier molecular flexibility index (Phi) is 4.06. The zero-order valence-corrected chi connectivity index (χ0v) is 9.37. The van der Waals surface area contributed by atoms with Crippen LogP contribution in [-0.4, -0.2) is 44.1 Å². The number of amides is 1. The molecule has 1 aliphatic rings. The second-order valence-corrected chi connectivity index (χ2v) is 5.53. The molecule has 0 aromatic heterocycles. The Morgan fingerprint density at radius 3 is 2.73 bits per heavy atom. The molecule has 1 unspecified atom stereocenters. The van der Waals surface area contributed by atoms with E-state index in [0.29, 0.717) is 25.9 Å². The molecule has 1 atom stereocenters. The second kappa shape index (κ2) is 4.91. The van der Waals surface area contributed by atoms with Gasteiger partial charge in [-0.3, -0.25) is 4.79 Å². The summed E-state index contributed by atoms with van der Waals surface area (Å²) in [4.78, 5) is 13.1. The summed E-state index contributed by atoms with van der Waals surface area (Å²) in [6.07, 6.45) is 1.96. The third-order valence-corrected chi connectivity index (χ3v) is 3.29. The molecule has 1 heterocycles. The number of piperidine rings is 1. The molecule has 7 heteroatoms. The standard InChI is InChI=1S/C8H17N3O3S/c9-7-3-1-4-11(8(7)12)5-2-6-15(10,13)14/h7H,1-6,9H2,(H2,10,13,14). The van der Waals surface area contributed by atoms with Crippen LogP contribution in [0.2, 0.25) is 0 Å². The van der Waals surface area contributed by atoms with Crippen LogP contribution in [0.25, 0.3) is 0 Å². The van der Waals surface area contributed by atoms with Gasteiger partial charge in [0.1, 0.15) is 0 Å². The number of primary sulfonamides is 1. The molecule has 1 amide bonds. The van der Waals surface area contributed by atoms with E-state index in [-0.39, 0.29) is 11.7 Å². The highest BCUT2D eigenvalue weighted by molar-refractivity contribution is 7.89. The van der Waals surface area contributed by atoms with Gasteiger partial charge in [-0.05, 0) is 19.3 Å². The summed E-state index contributed by atoms with van der Waals surface area (Å²) in [5, 5.41) is 4.86. The fraction of sp³-hybridized carbons (Fsp3) is 0.875. The van der Waals surface area contributed by atoms with Crippen LogP contribution in [0.4, 0.5) is 0 Å². The monoisotopic (exact) mass is 235 g/mol. The van der Waals surface area contributed by atoms with Gasteiger partial charge in [0.2, 0.25) is 15.9 Å². The van der Waals surface area contributed by atoms with Gasteiger partial charge < -0.3 is 10.6 Å². The molecule has 1 aliphatic heterocycles. The predicted octanol–water partition coefficient (Wildman–Crippen LogP) is -1.39. The van der Waals surface area contributed by atoms with Gasteiger partial charge in [0.25, 0.3) is 0 Å². The van der Waals surface area contributed by atoms with Crippen molar-refractivity contribution in [1.82, 2.24) is 4.90 Å². The van der Waals surface area contributed by atoms with Crippen molar-refractivity contribution in [3.63, 3.8) is 0 Å². The number of hydrogen-bond donors (Lipinski definition) is 2. The van der Waals surface area contributed by atoms with Gasteiger partial charge in [0.05, 0.1) is 11.8 Å². The van der Waals surface area contributed by atoms with E-state index in [0.717, 1.165) is 6.42 Å². The van der Waals surface area contributed by atoms with Crippen molar-refractivity contribution in [2.24, 2.45) is 10.9 Å². The van der Waals surface area contributed by atoms with Gasteiger partial charge in [-0.2, -0.15) is 0 Å². The minimum Gasteiger partial charge on any atom is -0.341 e. The normalized spacial score (nSPS) is 23.2. The van der Waals surface area contributed by atoms with E-state index in [2.05, 4.69) is 0 Å². The van der Waals surface area contributed by atoms with E-state index in [1.807, 2.05) is 0 Å². The van der Waals surface area contributed by atoms with Crippen LogP contribution in [-0.2, 0) is 14.8 Å². The number of likely N-dealkylation sites (tertiary alicyclic amines) is 1. The largest absolute Gasteiger partial charge is 0.341 e. The second-order valence-electron chi connectivity index (χ2n) is 3.79. The first-order chi connectivity index (χ1) is 6.90. The van der Waals surface area contributed by atoms with Crippen LogP contribution in [0.1, 0.15) is 19.3 Å². The van der Waals surface area contributed by atoms with Crippen LogP contribution >= 0.6 is 0 Å². The number of hydrogen-bond acceptors (Lipinski definition) is 4. The highest BCUT2D eigenvalue weighted by atomic mass is 32.2. The van der Waals surface area contributed by atoms with E-state index in [4.69, 9.17) is 10.9 Å². The minimum absolute atomic E-state index is 0.0873. The fourth-order valence-electron chi connectivity index (χ4n) is 1.65. The van der Waals surface area contributed by atoms with Gasteiger partial charge in [-0.25, -0.2) is 13.6 Å². The lowest BCUT2D eigenvalue weighted by Gasteiger charge is -2.30. The summed E-state index contributed by atoms with van der Waals surface area (Å²) in [5.41, 5.74) is 5.59. The average Bonchev–Trinajstić information content (AvgIpc) is 2.10. The Labute approximate surface area is 89.6 Å². The molecule has 0 spiro atoms. The van der Waals surface area contributed by atoms with Crippen molar-refractivity contribution in [1.29, 1.82) is 0 Å². The molecule has 0 aromatic carbocycles. The smallest absolute Gasteiger partial charge is 0.239 e. The highest BCUT2D eigenvalue weighted by Crippen LogP contribution is 2.10. The Balaban J connectivity index is 2.35. The summed E-state index contributed by atoms with van der Waals surface area (Å²) in [5.74, 6) is -0.179. The maximum absolute atomic E-state index is 11.5. The number of sulfonamides is 1. The quantitative estimate of drug-likeness (QED) is 0.626. The molecule has 1 rings (SSSR count).